The lowest BCUT2D eigenvalue weighted by Crippen LogP contribution is -2.33. The van der Waals surface area contributed by atoms with Gasteiger partial charge < -0.3 is 14.9 Å². The molecule has 0 aromatic carbocycles. The van der Waals surface area contributed by atoms with E-state index in [2.05, 4.69) is 0 Å². The zero-order valence-electron chi connectivity index (χ0n) is 9.72. The molecule has 0 atom stereocenters. The molecule has 0 radical (unpaired) electrons. The lowest BCUT2D eigenvalue weighted by molar-refractivity contribution is -0.138. The summed E-state index contributed by atoms with van der Waals surface area (Å²) in [5, 5.41) is 8.51. The molecule has 0 aromatic heterocycles. The molecule has 0 saturated carbocycles. The average Bonchev–Trinajstić information content (AvgIpc) is 2.68. The van der Waals surface area contributed by atoms with Crippen LogP contribution < -0.4 is 0 Å². The number of amides is 2. The Morgan fingerprint density at radius 1 is 1.47 bits per heavy atom. The van der Waals surface area contributed by atoms with Gasteiger partial charge in [0.05, 0.1) is 6.42 Å². The predicted octanol–water partition coefficient (Wildman–Crippen LogP) is 0.478. The first-order chi connectivity index (χ1) is 8.00. The van der Waals surface area contributed by atoms with Gasteiger partial charge in [-0.2, -0.15) is 0 Å². The number of carbonyl (C=O) groups is 3. The van der Waals surface area contributed by atoms with Gasteiger partial charge in [0, 0.05) is 38.9 Å². The molecule has 2 amide bonds. The van der Waals surface area contributed by atoms with Gasteiger partial charge in [0.2, 0.25) is 5.91 Å². The normalized spacial score (nSPS) is 15.1. The van der Waals surface area contributed by atoms with Gasteiger partial charge in [-0.25, -0.2) is 0 Å². The summed E-state index contributed by atoms with van der Waals surface area (Å²) in [6, 6.07) is 0. The van der Waals surface area contributed by atoms with Gasteiger partial charge in [-0.05, 0) is 0 Å². The van der Waals surface area contributed by atoms with Crippen LogP contribution in [0.15, 0.2) is 0 Å². The monoisotopic (exact) mass is 260 g/mol. The first kappa shape index (κ1) is 13.8. The number of nitrogens with zero attached hydrogens (tertiary/aromatic N) is 2. The Morgan fingerprint density at radius 3 is 2.71 bits per heavy atom. The van der Waals surface area contributed by atoms with Gasteiger partial charge in [-0.3, -0.25) is 14.4 Å². The molecule has 1 heterocycles. The maximum absolute atomic E-state index is 11.6. The summed E-state index contributed by atoms with van der Waals surface area (Å²) in [5.74, 6) is -0.270. The van der Waals surface area contributed by atoms with Crippen LogP contribution in [0.2, 0.25) is 0 Å². The molecular weight excluding hydrogens is 244 g/mol. The summed E-state index contributed by atoms with van der Waals surface area (Å²) in [6.07, 6.45) is 0.198. The number of carbonyl (C=O) groups excluding carboxylic acids is 2. The second kappa shape index (κ2) is 6.48. The third-order valence-electron chi connectivity index (χ3n) is 2.53. The molecule has 0 unspecified atom stereocenters. The van der Waals surface area contributed by atoms with Crippen LogP contribution in [0.25, 0.3) is 0 Å². The maximum atomic E-state index is 11.6. The van der Waals surface area contributed by atoms with E-state index in [1.54, 1.807) is 11.9 Å². The fraction of sp³-hybridized carbons (Fsp3) is 0.700. The first-order valence-electron chi connectivity index (χ1n) is 5.38. The van der Waals surface area contributed by atoms with Gasteiger partial charge >= 0.3 is 5.97 Å². The Balaban J connectivity index is 2.24. The molecule has 7 heteroatoms. The molecule has 0 bridgehead atoms. The van der Waals surface area contributed by atoms with E-state index < -0.39 is 5.97 Å². The number of rotatable bonds is 6. The molecule has 1 rings (SSSR count). The fourth-order valence-corrected chi connectivity index (χ4v) is 2.29. The number of hydrogen-bond donors (Lipinski definition) is 1. The molecule has 0 aromatic rings. The Morgan fingerprint density at radius 2 is 2.18 bits per heavy atom. The van der Waals surface area contributed by atoms with Crippen molar-refractivity contribution < 1.29 is 19.5 Å². The van der Waals surface area contributed by atoms with Crippen LogP contribution in [0.3, 0.4) is 0 Å². The predicted molar refractivity (Wildman–Crippen MR) is 63.9 cm³/mol. The molecule has 1 saturated heterocycles. The third-order valence-corrected chi connectivity index (χ3v) is 3.42. The molecule has 1 N–H and O–H groups in total. The Labute approximate surface area is 104 Å². The van der Waals surface area contributed by atoms with Crippen molar-refractivity contribution in [1.29, 1.82) is 0 Å². The van der Waals surface area contributed by atoms with Crippen molar-refractivity contribution in [2.75, 3.05) is 32.4 Å². The summed E-state index contributed by atoms with van der Waals surface area (Å²) in [5.41, 5.74) is 0. The zero-order valence-corrected chi connectivity index (χ0v) is 10.5. The zero-order chi connectivity index (χ0) is 12.8. The summed E-state index contributed by atoms with van der Waals surface area (Å²) in [4.78, 5) is 36.2. The molecule has 0 spiro atoms. The van der Waals surface area contributed by atoms with E-state index in [9.17, 15) is 14.4 Å². The number of hydrogen-bond acceptors (Lipinski definition) is 4. The van der Waals surface area contributed by atoms with E-state index in [1.807, 2.05) is 0 Å². The van der Waals surface area contributed by atoms with Crippen LogP contribution in [0.4, 0.5) is 4.79 Å². The highest BCUT2D eigenvalue weighted by molar-refractivity contribution is 8.13. The lowest BCUT2D eigenvalue weighted by atomic mass is 10.3. The van der Waals surface area contributed by atoms with E-state index >= 15 is 0 Å². The number of carboxylic acid groups (broad SMARTS) is 1. The highest BCUT2D eigenvalue weighted by Crippen LogP contribution is 2.17. The topological polar surface area (TPSA) is 77.9 Å². The Kier molecular flexibility index (Phi) is 5.27. The molecule has 17 heavy (non-hydrogen) atoms. The van der Waals surface area contributed by atoms with Gasteiger partial charge in [0.25, 0.3) is 5.24 Å². The van der Waals surface area contributed by atoms with Crippen LogP contribution in [0.5, 0.6) is 0 Å². The van der Waals surface area contributed by atoms with Crippen molar-refractivity contribution in [2.24, 2.45) is 0 Å². The lowest BCUT2D eigenvalue weighted by Gasteiger charge is -2.18. The van der Waals surface area contributed by atoms with Crippen LogP contribution in [0, 0.1) is 0 Å². The fourth-order valence-electron chi connectivity index (χ4n) is 1.44. The number of aliphatic carboxylic acids is 1. The van der Waals surface area contributed by atoms with Crippen LogP contribution in [0.1, 0.15) is 12.8 Å². The minimum absolute atomic E-state index is 0.0194. The molecular formula is C10H16N2O4S. The van der Waals surface area contributed by atoms with Crippen molar-refractivity contribution in [1.82, 2.24) is 9.80 Å². The van der Waals surface area contributed by atoms with Crippen molar-refractivity contribution in [3.05, 3.63) is 0 Å². The van der Waals surface area contributed by atoms with E-state index in [1.165, 1.54) is 16.7 Å². The maximum Gasteiger partial charge on any atom is 0.305 e. The largest absolute Gasteiger partial charge is 0.481 e. The van der Waals surface area contributed by atoms with Crippen molar-refractivity contribution in [3.8, 4) is 0 Å². The average molecular weight is 260 g/mol. The van der Waals surface area contributed by atoms with Crippen LogP contribution >= 0.6 is 11.8 Å². The van der Waals surface area contributed by atoms with Crippen LogP contribution in [-0.2, 0) is 9.59 Å². The SMILES string of the molecule is CN(CCC(=O)O)C(=O)CCN1CCSC1=O. The number of thioether (sulfide) groups is 1. The van der Waals surface area contributed by atoms with E-state index in [0.29, 0.717) is 13.1 Å². The minimum Gasteiger partial charge on any atom is -0.481 e. The van der Waals surface area contributed by atoms with Crippen molar-refractivity contribution in [3.63, 3.8) is 0 Å². The highest BCUT2D eigenvalue weighted by Gasteiger charge is 2.22. The van der Waals surface area contributed by atoms with Gasteiger partial charge in [0.15, 0.2) is 0 Å². The smallest absolute Gasteiger partial charge is 0.305 e. The summed E-state index contributed by atoms with van der Waals surface area (Å²) < 4.78 is 0. The molecule has 1 aliphatic rings. The number of carboxylic acids is 1. The molecule has 6 nitrogen and oxygen atoms in total. The van der Waals surface area contributed by atoms with E-state index in [0.717, 1.165) is 5.75 Å². The van der Waals surface area contributed by atoms with Gasteiger partial charge in [0.1, 0.15) is 0 Å². The minimum atomic E-state index is -0.921. The van der Waals surface area contributed by atoms with Crippen molar-refractivity contribution >= 4 is 28.9 Å². The second-order valence-electron chi connectivity index (χ2n) is 3.81. The van der Waals surface area contributed by atoms with E-state index in [4.69, 9.17) is 5.11 Å². The molecule has 0 aliphatic carbocycles. The molecule has 96 valence electrons. The van der Waals surface area contributed by atoms with Crippen LogP contribution in [-0.4, -0.2) is 64.5 Å². The Hall–Kier alpha value is -1.24. The van der Waals surface area contributed by atoms with Crippen molar-refractivity contribution in [2.45, 2.75) is 12.8 Å². The Bertz CT molecular complexity index is 321. The summed E-state index contributed by atoms with van der Waals surface area (Å²) >= 11 is 1.26. The molecule has 1 fully saturated rings. The summed E-state index contributed by atoms with van der Waals surface area (Å²) in [6.45, 7) is 1.31. The third kappa shape index (κ3) is 4.64. The standard InChI is InChI=1S/C10H16N2O4S/c1-11(4-3-9(14)15)8(13)2-5-12-6-7-17-10(12)16/h2-7H2,1H3,(H,14,15). The molecule has 1 aliphatic heterocycles. The highest BCUT2D eigenvalue weighted by atomic mass is 32.2. The van der Waals surface area contributed by atoms with E-state index in [-0.39, 0.29) is 30.5 Å². The quantitative estimate of drug-likeness (QED) is 0.751. The first-order valence-corrected chi connectivity index (χ1v) is 6.36. The second-order valence-corrected chi connectivity index (χ2v) is 4.86. The van der Waals surface area contributed by atoms with Gasteiger partial charge in [-0.15, -0.1) is 0 Å². The summed E-state index contributed by atoms with van der Waals surface area (Å²) in [7, 11) is 1.58. The van der Waals surface area contributed by atoms with Gasteiger partial charge in [-0.1, -0.05) is 11.8 Å².